The smallest absolute Gasteiger partial charge is 0.252 e. The van der Waals surface area contributed by atoms with E-state index in [1.54, 1.807) is 11.3 Å². The van der Waals surface area contributed by atoms with E-state index in [-0.39, 0.29) is 5.88 Å². The Kier molecular flexibility index (Phi) is 4.73. The number of nitrogens with zero attached hydrogens (tertiary/aromatic N) is 2. The SMILES string of the molecule is ClCc1noc(COC/C=C/c2ccsc2)n1. The van der Waals surface area contributed by atoms with Crippen molar-refractivity contribution in [1.29, 1.82) is 0 Å². The Balaban J connectivity index is 1.69. The highest BCUT2D eigenvalue weighted by Gasteiger charge is 2.03. The number of rotatable bonds is 6. The molecule has 4 nitrogen and oxygen atoms in total. The maximum absolute atomic E-state index is 5.55. The van der Waals surface area contributed by atoms with Crippen LogP contribution in [0.1, 0.15) is 17.3 Å². The van der Waals surface area contributed by atoms with Gasteiger partial charge in [0.25, 0.3) is 5.89 Å². The van der Waals surface area contributed by atoms with Crippen LogP contribution in [0.2, 0.25) is 0 Å². The van der Waals surface area contributed by atoms with Crippen LogP contribution in [0.5, 0.6) is 0 Å². The van der Waals surface area contributed by atoms with Gasteiger partial charge < -0.3 is 9.26 Å². The Morgan fingerprint density at radius 2 is 2.47 bits per heavy atom. The molecule has 0 aliphatic heterocycles. The van der Waals surface area contributed by atoms with Gasteiger partial charge >= 0.3 is 0 Å². The molecular formula is C11H11ClN2O2S. The first-order chi connectivity index (χ1) is 8.38. The first-order valence-corrected chi connectivity index (χ1v) is 6.50. The molecule has 0 atom stereocenters. The van der Waals surface area contributed by atoms with Crippen molar-refractivity contribution in [2.45, 2.75) is 12.5 Å². The third kappa shape index (κ3) is 3.96. The molecule has 2 aromatic heterocycles. The number of alkyl halides is 1. The predicted molar refractivity (Wildman–Crippen MR) is 66.9 cm³/mol. The van der Waals surface area contributed by atoms with Gasteiger partial charge in [-0.3, -0.25) is 0 Å². The van der Waals surface area contributed by atoms with Gasteiger partial charge in [0, 0.05) is 0 Å². The summed E-state index contributed by atoms with van der Waals surface area (Å²) in [6.07, 6.45) is 3.95. The number of hydrogen-bond acceptors (Lipinski definition) is 5. The van der Waals surface area contributed by atoms with Gasteiger partial charge in [-0.05, 0) is 22.4 Å². The number of thiophene rings is 1. The van der Waals surface area contributed by atoms with Crippen molar-refractivity contribution in [3.8, 4) is 0 Å². The Bertz CT molecular complexity index is 468. The summed E-state index contributed by atoms with van der Waals surface area (Å²) in [6, 6.07) is 2.05. The molecule has 2 rings (SSSR count). The molecule has 6 heteroatoms. The fourth-order valence-electron chi connectivity index (χ4n) is 1.17. The van der Waals surface area contributed by atoms with Crippen LogP contribution in [0.15, 0.2) is 27.4 Å². The fourth-order valence-corrected chi connectivity index (χ4v) is 1.91. The largest absolute Gasteiger partial charge is 0.368 e. The summed E-state index contributed by atoms with van der Waals surface area (Å²) in [7, 11) is 0. The topological polar surface area (TPSA) is 48.2 Å². The second kappa shape index (κ2) is 6.54. The van der Waals surface area contributed by atoms with E-state index in [0.29, 0.717) is 24.9 Å². The highest BCUT2D eigenvalue weighted by molar-refractivity contribution is 7.08. The van der Waals surface area contributed by atoms with E-state index >= 15 is 0 Å². The highest BCUT2D eigenvalue weighted by atomic mass is 35.5. The van der Waals surface area contributed by atoms with Gasteiger partial charge in [-0.25, -0.2) is 0 Å². The molecule has 0 fully saturated rings. The lowest BCUT2D eigenvalue weighted by Crippen LogP contribution is -1.93. The summed E-state index contributed by atoms with van der Waals surface area (Å²) in [4.78, 5) is 4.02. The number of halogens is 1. The Hall–Kier alpha value is -1.17. The zero-order chi connectivity index (χ0) is 11.9. The van der Waals surface area contributed by atoms with Gasteiger partial charge in [0.05, 0.1) is 12.5 Å². The fraction of sp³-hybridized carbons (Fsp3) is 0.273. The lowest BCUT2D eigenvalue weighted by molar-refractivity contribution is 0.121. The monoisotopic (exact) mass is 270 g/mol. The maximum Gasteiger partial charge on any atom is 0.252 e. The molecule has 0 amide bonds. The quantitative estimate of drug-likeness (QED) is 0.598. The Morgan fingerprint density at radius 1 is 1.53 bits per heavy atom. The molecule has 0 saturated heterocycles. The molecule has 0 aromatic carbocycles. The van der Waals surface area contributed by atoms with Crippen LogP contribution in [-0.2, 0) is 17.2 Å². The number of ether oxygens (including phenoxy) is 1. The Labute approximate surface area is 108 Å². The number of hydrogen-bond donors (Lipinski definition) is 0. The minimum atomic E-state index is 0.252. The molecule has 0 saturated carbocycles. The van der Waals surface area contributed by atoms with E-state index in [0.717, 1.165) is 0 Å². The van der Waals surface area contributed by atoms with Gasteiger partial charge in [-0.15, -0.1) is 11.6 Å². The summed E-state index contributed by atoms with van der Waals surface area (Å²) in [5, 5.41) is 7.76. The third-order valence-electron chi connectivity index (χ3n) is 1.92. The third-order valence-corrected chi connectivity index (χ3v) is 2.86. The lowest BCUT2D eigenvalue weighted by Gasteiger charge is -1.94. The second-order valence-electron chi connectivity index (χ2n) is 3.21. The van der Waals surface area contributed by atoms with Crippen molar-refractivity contribution in [3.05, 3.63) is 40.2 Å². The molecule has 2 aromatic rings. The molecular weight excluding hydrogens is 260 g/mol. The highest BCUT2D eigenvalue weighted by Crippen LogP contribution is 2.07. The van der Waals surface area contributed by atoms with Crippen LogP contribution in [0.4, 0.5) is 0 Å². The first-order valence-electron chi connectivity index (χ1n) is 5.02. The predicted octanol–water partition coefficient (Wildman–Crippen LogP) is 3.10. The normalized spacial score (nSPS) is 11.4. The zero-order valence-electron chi connectivity index (χ0n) is 9.01. The van der Waals surface area contributed by atoms with E-state index in [2.05, 4.69) is 15.5 Å². The summed E-state index contributed by atoms with van der Waals surface area (Å²) in [5.41, 5.74) is 1.18. The van der Waals surface area contributed by atoms with Crippen LogP contribution in [0.3, 0.4) is 0 Å². The average Bonchev–Trinajstić information content (AvgIpc) is 2.99. The molecule has 17 heavy (non-hydrogen) atoms. The molecule has 90 valence electrons. The van der Waals surface area contributed by atoms with Crippen LogP contribution >= 0.6 is 22.9 Å². The standard InChI is InChI=1S/C11H11ClN2O2S/c12-6-10-13-11(16-14-10)7-15-4-1-2-9-3-5-17-8-9/h1-3,5,8H,4,6-7H2/b2-1+. The molecule has 0 bridgehead atoms. The van der Waals surface area contributed by atoms with Crippen molar-refractivity contribution in [2.24, 2.45) is 0 Å². The van der Waals surface area contributed by atoms with E-state index in [4.69, 9.17) is 20.9 Å². The summed E-state index contributed by atoms with van der Waals surface area (Å²) < 4.78 is 10.3. The van der Waals surface area contributed by atoms with Gasteiger partial charge in [-0.2, -0.15) is 16.3 Å². The molecule has 0 N–H and O–H groups in total. The van der Waals surface area contributed by atoms with E-state index < -0.39 is 0 Å². The van der Waals surface area contributed by atoms with Crippen molar-refractivity contribution < 1.29 is 9.26 Å². The summed E-state index contributed by atoms with van der Waals surface area (Å²) >= 11 is 7.21. The van der Waals surface area contributed by atoms with Crippen LogP contribution in [0, 0.1) is 0 Å². The minimum Gasteiger partial charge on any atom is -0.368 e. The molecule has 0 unspecified atom stereocenters. The van der Waals surface area contributed by atoms with Crippen LogP contribution in [-0.4, -0.2) is 16.7 Å². The first kappa shape index (κ1) is 12.3. The molecule has 0 radical (unpaired) electrons. The second-order valence-corrected chi connectivity index (χ2v) is 4.26. The average molecular weight is 271 g/mol. The van der Waals surface area contributed by atoms with Crippen LogP contribution < -0.4 is 0 Å². The molecule has 0 aliphatic rings. The zero-order valence-corrected chi connectivity index (χ0v) is 10.6. The van der Waals surface area contributed by atoms with E-state index in [1.165, 1.54) is 5.56 Å². The van der Waals surface area contributed by atoms with Crippen molar-refractivity contribution >= 4 is 29.0 Å². The van der Waals surface area contributed by atoms with Crippen LogP contribution in [0.25, 0.3) is 6.08 Å². The van der Waals surface area contributed by atoms with E-state index in [1.807, 2.05) is 23.6 Å². The number of aromatic nitrogens is 2. The Morgan fingerprint density at radius 3 is 3.18 bits per heavy atom. The van der Waals surface area contributed by atoms with Gasteiger partial charge in [0.1, 0.15) is 6.61 Å². The summed E-state index contributed by atoms with van der Waals surface area (Å²) in [6.45, 7) is 0.812. The van der Waals surface area contributed by atoms with Gasteiger partial charge in [0.2, 0.25) is 0 Å². The molecule has 0 aliphatic carbocycles. The van der Waals surface area contributed by atoms with Crippen molar-refractivity contribution in [3.63, 3.8) is 0 Å². The van der Waals surface area contributed by atoms with Gasteiger partial charge in [0.15, 0.2) is 5.82 Å². The van der Waals surface area contributed by atoms with E-state index in [9.17, 15) is 0 Å². The van der Waals surface area contributed by atoms with Crippen molar-refractivity contribution in [1.82, 2.24) is 10.1 Å². The lowest BCUT2D eigenvalue weighted by atomic mass is 10.3. The summed E-state index contributed by atoms with van der Waals surface area (Å²) in [5.74, 6) is 1.19. The van der Waals surface area contributed by atoms with Gasteiger partial charge in [-0.1, -0.05) is 17.3 Å². The molecule has 2 heterocycles. The minimum absolute atomic E-state index is 0.252. The van der Waals surface area contributed by atoms with Crippen molar-refractivity contribution in [2.75, 3.05) is 6.61 Å². The molecule has 0 spiro atoms. The maximum atomic E-state index is 5.55.